The van der Waals surface area contributed by atoms with E-state index in [4.69, 9.17) is 9.47 Å². The SMILES string of the molecule is CCCOc1c(Br)cc(C(=O)N2CCCCC2CNS(C)(=O)=O)cc1OC. The second-order valence-electron chi connectivity index (χ2n) is 6.61. The lowest BCUT2D eigenvalue weighted by atomic mass is 10.0. The van der Waals surface area contributed by atoms with Crippen LogP contribution in [0.4, 0.5) is 0 Å². The first-order chi connectivity index (χ1) is 12.8. The van der Waals surface area contributed by atoms with Crippen molar-refractivity contribution in [2.45, 2.75) is 38.6 Å². The van der Waals surface area contributed by atoms with Crippen molar-refractivity contribution in [1.82, 2.24) is 9.62 Å². The van der Waals surface area contributed by atoms with Crippen molar-refractivity contribution in [3.05, 3.63) is 22.2 Å². The molecule has 1 aromatic rings. The van der Waals surface area contributed by atoms with E-state index in [0.717, 1.165) is 31.9 Å². The Bertz CT molecular complexity index is 769. The van der Waals surface area contributed by atoms with Gasteiger partial charge in [0.2, 0.25) is 10.0 Å². The van der Waals surface area contributed by atoms with Crippen LogP contribution in [0.3, 0.4) is 0 Å². The number of hydrogen-bond acceptors (Lipinski definition) is 5. The van der Waals surface area contributed by atoms with Gasteiger partial charge in [-0.05, 0) is 53.7 Å². The zero-order valence-electron chi connectivity index (χ0n) is 16.0. The van der Waals surface area contributed by atoms with Gasteiger partial charge in [-0.25, -0.2) is 13.1 Å². The normalized spacial score (nSPS) is 17.6. The van der Waals surface area contributed by atoms with E-state index >= 15 is 0 Å². The van der Waals surface area contributed by atoms with Crippen LogP contribution in [-0.4, -0.2) is 58.3 Å². The van der Waals surface area contributed by atoms with Crippen molar-refractivity contribution in [2.24, 2.45) is 0 Å². The van der Waals surface area contributed by atoms with Crippen LogP contribution in [0.5, 0.6) is 11.5 Å². The fourth-order valence-electron chi connectivity index (χ4n) is 3.08. The number of sulfonamides is 1. The van der Waals surface area contributed by atoms with Gasteiger partial charge in [0.25, 0.3) is 5.91 Å². The molecule has 1 heterocycles. The summed E-state index contributed by atoms with van der Waals surface area (Å²) in [6.45, 7) is 3.39. The van der Waals surface area contributed by atoms with Crippen LogP contribution in [0.2, 0.25) is 0 Å². The minimum absolute atomic E-state index is 0.143. The molecule has 27 heavy (non-hydrogen) atoms. The van der Waals surface area contributed by atoms with E-state index in [2.05, 4.69) is 20.7 Å². The molecule has 9 heteroatoms. The van der Waals surface area contributed by atoms with E-state index in [1.54, 1.807) is 17.0 Å². The summed E-state index contributed by atoms with van der Waals surface area (Å²) in [6.07, 6.45) is 4.62. The number of rotatable bonds is 8. The molecule has 1 aliphatic rings. The minimum Gasteiger partial charge on any atom is -0.493 e. The quantitative estimate of drug-likeness (QED) is 0.641. The molecule has 1 atom stereocenters. The van der Waals surface area contributed by atoms with Crippen molar-refractivity contribution in [1.29, 1.82) is 0 Å². The number of nitrogens with one attached hydrogen (secondary N) is 1. The standard InChI is InChI=1S/C18H27BrN2O5S/c1-4-9-26-17-15(19)10-13(11-16(17)25-2)18(22)21-8-6-5-7-14(21)12-20-27(3,23)24/h10-11,14,20H,4-9,12H2,1-3H3. The number of benzene rings is 1. The molecular formula is C18H27BrN2O5S. The van der Waals surface area contributed by atoms with Gasteiger partial charge in [0.15, 0.2) is 11.5 Å². The summed E-state index contributed by atoms with van der Waals surface area (Å²) >= 11 is 3.47. The summed E-state index contributed by atoms with van der Waals surface area (Å²) in [5, 5.41) is 0. The number of likely N-dealkylation sites (tertiary alicyclic amines) is 1. The zero-order chi connectivity index (χ0) is 20.0. The molecule has 0 radical (unpaired) electrons. The average Bonchev–Trinajstić information content (AvgIpc) is 2.64. The van der Waals surface area contributed by atoms with Gasteiger partial charge in [-0.1, -0.05) is 6.92 Å². The van der Waals surface area contributed by atoms with Gasteiger partial charge in [0, 0.05) is 24.7 Å². The highest BCUT2D eigenvalue weighted by atomic mass is 79.9. The maximum absolute atomic E-state index is 13.1. The third-order valence-electron chi connectivity index (χ3n) is 4.40. The van der Waals surface area contributed by atoms with Crippen LogP contribution in [-0.2, 0) is 10.0 Å². The number of halogens is 1. The van der Waals surface area contributed by atoms with E-state index in [1.807, 2.05) is 6.92 Å². The predicted octanol–water partition coefficient (Wildman–Crippen LogP) is 2.79. The predicted molar refractivity (Wildman–Crippen MR) is 108 cm³/mol. The first-order valence-corrected chi connectivity index (χ1v) is 11.7. The third-order valence-corrected chi connectivity index (χ3v) is 5.68. The Morgan fingerprint density at radius 2 is 2.11 bits per heavy atom. The molecular weight excluding hydrogens is 436 g/mol. The van der Waals surface area contributed by atoms with E-state index in [0.29, 0.717) is 34.7 Å². The third kappa shape index (κ3) is 6.08. The van der Waals surface area contributed by atoms with Gasteiger partial charge in [0.05, 0.1) is 24.4 Å². The van der Waals surface area contributed by atoms with Gasteiger partial charge in [-0.3, -0.25) is 4.79 Å². The van der Waals surface area contributed by atoms with Gasteiger partial charge >= 0.3 is 0 Å². The van der Waals surface area contributed by atoms with Crippen molar-refractivity contribution >= 4 is 31.9 Å². The second-order valence-corrected chi connectivity index (χ2v) is 9.29. The molecule has 0 bridgehead atoms. The number of amides is 1. The van der Waals surface area contributed by atoms with Gasteiger partial charge in [-0.15, -0.1) is 0 Å². The van der Waals surface area contributed by atoms with E-state index in [9.17, 15) is 13.2 Å². The highest BCUT2D eigenvalue weighted by molar-refractivity contribution is 9.10. The molecule has 1 amide bonds. The Kier molecular flexibility index (Phi) is 7.93. The largest absolute Gasteiger partial charge is 0.493 e. The summed E-state index contributed by atoms with van der Waals surface area (Å²) in [7, 11) is -1.76. The Labute approximate surface area is 169 Å². The molecule has 1 aromatic carbocycles. The van der Waals surface area contributed by atoms with Gasteiger partial charge in [-0.2, -0.15) is 0 Å². The van der Waals surface area contributed by atoms with Crippen molar-refractivity contribution in [3.8, 4) is 11.5 Å². The van der Waals surface area contributed by atoms with Gasteiger partial charge < -0.3 is 14.4 Å². The number of carbonyl (C=O) groups excluding carboxylic acids is 1. The molecule has 1 unspecified atom stereocenters. The lowest BCUT2D eigenvalue weighted by Crippen LogP contribution is -2.49. The minimum atomic E-state index is -3.30. The Morgan fingerprint density at radius 1 is 1.37 bits per heavy atom. The Balaban J connectivity index is 2.24. The van der Waals surface area contributed by atoms with Crippen LogP contribution in [0, 0.1) is 0 Å². The van der Waals surface area contributed by atoms with E-state index in [1.165, 1.54) is 7.11 Å². The zero-order valence-corrected chi connectivity index (χ0v) is 18.4. The number of hydrogen-bond donors (Lipinski definition) is 1. The average molecular weight is 463 g/mol. The maximum atomic E-state index is 13.1. The molecule has 0 spiro atoms. The highest BCUT2D eigenvalue weighted by Gasteiger charge is 2.29. The summed E-state index contributed by atoms with van der Waals surface area (Å²) in [5.41, 5.74) is 0.480. The van der Waals surface area contributed by atoms with Crippen LogP contribution in [0.25, 0.3) is 0 Å². The second kappa shape index (κ2) is 9.75. The molecule has 1 saturated heterocycles. The Hall–Kier alpha value is -1.32. The Morgan fingerprint density at radius 3 is 2.74 bits per heavy atom. The van der Waals surface area contributed by atoms with Crippen LogP contribution in [0.1, 0.15) is 43.0 Å². The first kappa shape index (κ1) is 22.0. The fourth-order valence-corrected chi connectivity index (χ4v) is 4.13. The topological polar surface area (TPSA) is 84.9 Å². The maximum Gasteiger partial charge on any atom is 0.254 e. The van der Waals surface area contributed by atoms with Crippen molar-refractivity contribution in [3.63, 3.8) is 0 Å². The molecule has 0 saturated carbocycles. The summed E-state index contributed by atoms with van der Waals surface area (Å²) < 4.78 is 37.1. The smallest absolute Gasteiger partial charge is 0.254 e. The van der Waals surface area contributed by atoms with Crippen molar-refractivity contribution < 1.29 is 22.7 Å². The molecule has 1 N–H and O–H groups in total. The molecule has 0 aromatic heterocycles. The highest BCUT2D eigenvalue weighted by Crippen LogP contribution is 2.37. The number of ether oxygens (including phenoxy) is 2. The van der Waals surface area contributed by atoms with E-state index < -0.39 is 10.0 Å². The lowest BCUT2D eigenvalue weighted by molar-refractivity contribution is 0.0618. The molecule has 1 aliphatic heterocycles. The monoisotopic (exact) mass is 462 g/mol. The number of methoxy groups -OCH3 is 1. The summed E-state index contributed by atoms with van der Waals surface area (Å²) in [6, 6.07) is 3.24. The lowest BCUT2D eigenvalue weighted by Gasteiger charge is -2.36. The summed E-state index contributed by atoms with van der Waals surface area (Å²) in [4.78, 5) is 14.9. The van der Waals surface area contributed by atoms with Crippen LogP contribution in [0.15, 0.2) is 16.6 Å². The van der Waals surface area contributed by atoms with Crippen LogP contribution >= 0.6 is 15.9 Å². The van der Waals surface area contributed by atoms with Crippen LogP contribution < -0.4 is 14.2 Å². The molecule has 152 valence electrons. The number of piperidine rings is 1. The van der Waals surface area contributed by atoms with Crippen molar-refractivity contribution in [2.75, 3.05) is 33.1 Å². The first-order valence-electron chi connectivity index (χ1n) is 9.02. The van der Waals surface area contributed by atoms with E-state index in [-0.39, 0.29) is 18.5 Å². The number of nitrogens with zero attached hydrogens (tertiary/aromatic N) is 1. The molecule has 7 nitrogen and oxygen atoms in total. The molecule has 2 rings (SSSR count). The summed E-state index contributed by atoms with van der Waals surface area (Å²) in [5.74, 6) is 0.921. The molecule has 1 fully saturated rings. The fraction of sp³-hybridized carbons (Fsp3) is 0.611. The number of carbonyl (C=O) groups is 1. The molecule has 0 aliphatic carbocycles. The van der Waals surface area contributed by atoms with Gasteiger partial charge in [0.1, 0.15) is 0 Å².